The van der Waals surface area contributed by atoms with E-state index in [-0.39, 0.29) is 0 Å². The number of hydrogen-bond acceptors (Lipinski definition) is 3. The molecule has 0 aromatic rings. The summed E-state index contributed by atoms with van der Waals surface area (Å²) in [7, 11) is 4.15. The van der Waals surface area contributed by atoms with Gasteiger partial charge in [-0.25, -0.2) is 0 Å². The van der Waals surface area contributed by atoms with Crippen LogP contribution in [-0.2, 0) is 9.47 Å². The van der Waals surface area contributed by atoms with E-state index in [2.05, 4.69) is 25.8 Å². The van der Waals surface area contributed by atoms with E-state index in [0.717, 1.165) is 19.3 Å². The second-order valence-electron chi connectivity index (χ2n) is 17.0. The van der Waals surface area contributed by atoms with Crippen molar-refractivity contribution in [3.05, 3.63) is 0 Å². The Morgan fingerprint density at radius 3 is 0.904 bits per heavy atom. The number of ether oxygens (including phenoxy) is 2. The molecule has 0 aromatic carbocycles. The van der Waals surface area contributed by atoms with Gasteiger partial charge in [0.15, 0.2) is 0 Å². The van der Waals surface area contributed by atoms with Crippen LogP contribution in [0.2, 0.25) is 0 Å². The Hall–Kier alpha value is -0.120. The lowest BCUT2D eigenvalue weighted by Crippen LogP contribution is -2.32. The molecule has 0 aliphatic rings. The summed E-state index contributed by atoms with van der Waals surface area (Å²) in [5, 5.41) is 0. The van der Waals surface area contributed by atoms with Crippen LogP contribution in [0.25, 0.3) is 0 Å². The second-order valence-corrected chi connectivity index (χ2v) is 17.0. The van der Waals surface area contributed by atoms with E-state index in [0.29, 0.717) is 6.61 Å². The number of unbranched alkanes of at least 4 members (excludes halogenated alkanes) is 35. The minimum Gasteiger partial charge on any atom is -0.382 e. The van der Waals surface area contributed by atoms with Gasteiger partial charge < -0.3 is 14.4 Å². The summed E-state index contributed by atoms with van der Waals surface area (Å²) in [6.07, 6.45) is 57.7. The molecule has 0 saturated carbocycles. The second kappa shape index (κ2) is 47.0. The summed E-state index contributed by atoms with van der Waals surface area (Å²) >= 11 is 0. The van der Waals surface area contributed by atoms with E-state index in [4.69, 9.17) is 9.47 Å². The van der Waals surface area contributed by atoms with Crippen LogP contribution in [0.5, 0.6) is 0 Å². The number of nitrogens with zero attached hydrogens (tertiary/aromatic N) is 1. The highest BCUT2D eigenvalue weighted by Gasteiger charge is 2.14. The first kappa shape index (κ1) is 51.9. The topological polar surface area (TPSA) is 21.7 Å². The molecule has 0 unspecified atom stereocenters. The Labute approximate surface area is 330 Å². The summed E-state index contributed by atoms with van der Waals surface area (Å²) < 4.78 is 10.8. The molecule has 0 saturated heterocycles. The van der Waals surface area contributed by atoms with Crippen LogP contribution in [0.1, 0.15) is 271 Å². The number of rotatable bonds is 47. The van der Waals surface area contributed by atoms with Gasteiger partial charge in [-0.1, -0.05) is 245 Å². The summed E-state index contributed by atoms with van der Waals surface area (Å²) in [6, 6.07) is 0.775. The lowest BCUT2D eigenvalue weighted by Gasteiger charge is -2.28. The lowest BCUT2D eigenvalue weighted by atomic mass is 9.98. The Bertz CT molecular complexity index is 572. The van der Waals surface area contributed by atoms with E-state index in [1.165, 1.54) is 263 Å². The first-order valence-electron chi connectivity index (χ1n) is 24.5. The molecule has 0 N–H and O–H groups in total. The molecule has 0 bridgehead atoms. The van der Waals surface area contributed by atoms with Crippen LogP contribution in [-0.4, -0.2) is 51.5 Å². The van der Waals surface area contributed by atoms with Crippen LogP contribution in [0.15, 0.2) is 0 Å². The average Bonchev–Trinajstić information content (AvgIpc) is 3.15. The van der Waals surface area contributed by atoms with Gasteiger partial charge >= 0.3 is 0 Å². The van der Waals surface area contributed by atoms with Crippen molar-refractivity contribution in [2.45, 2.75) is 277 Å². The fourth-order valence-corrected chi connectivity index (χ4v) is 8.14. The third kappa shape index (κ3) is 42.6. The highest BCUT2D eigenvalue weighted by atomic mass is 16.5. The van der Waals surface area contributed by atoms with Crippen molar-refractivity contribution in [3.8, 4) is 0 Å². The molecule has 0 spiro atoms. The third-order valence-corrected chi connectivity index (χ3v) is 11.9. The fourth-order valence-electron chi connectivity index (χ4n) is 8.14. The van der Waals surface area contributed by atoms with E-state index >= 15 is 0 Å². The summed E-state index contributed by atoms with van der Waals surface area (Å²) in [6.45, 7) is 8.16. The summed E-state index contributed by atoms with van der Waals surface area (Å²) in [4.78, 5) is 2.70. The highest BCUT2D eigenvalue weighted by Crippen LogP contribution is 2.20. The van der Waals surface area contributed by atoms with Crippen molar-refractivity contribution in [1.29, 1.82) is 0 Å². The minimum atomic E-state index is 0.709. The Morgan fingerprint density at radius 2 is 0.615 bits per heavy atom. The smallest absolute Gasteiger partial charge is 0.0700 e. The van der Waals surface area contributed by atoms with Crippen LogP contribution in [0, 0.1) is 0 Å². The van der Waals surface area contributed by atoms with Gasteiger partial charge in [-0.2, -0.15) is 0 Å². The maximum atomic E-state index is 5.71. The molecule has 314 valence electrons. The summed E-state index contributed by atoms with van der Waals surface area (Å²) in [5.74, 6) is 0. The molecule has 0 atom stereocenters. The molecular formula is C49H101NO2. The monoisotopic (exact) mass is 736 g/mol. The van der Waals surface area contributed by atoms with Crippen molar-refractivity contribution in [1.82, 2.24) is 4.90 Å². The Balaban J connectivity index is 3.90. The first-order chi connectivity index (χ1) is 25.8. The molecule has 0 aromatic heterocycles. The maximum absolute atomic E-state index is 5.71. The van der Waals surface area contributed by atoms with Gasteiger partial charge in [0.25, 0.3) is 0 Å². The molecule has 0 fully saturated rings. The van der Waals surface area contributed by atoms with Crippen molar-refractivity contribution < 1.29 is 9.47 Å². The van der Waals surface area contributed by atoms with Crippen molar-refractivity contribution in [2.75, 3.05) is 40.5 Å². The molecule has 0 aliphatic heterocycles. The summed E-state index contributed by atoms with van der Waals surface area (Å²) in [5.41, 5.74) is 0. The zero-order valence-electron chi connectivity index (χ0n) is 37.0. The molecule has 3 heteroatoms. The van der Waals surface area contributed by atoms with Crippen molar-refractivity contribution in [3.63, 3.8) is 0 Å². The molecule has 0 aliphatic carbocycles. The largest absolute Gasteiger partial charge is 0.382 e. The van der Waals surface area contributed by atoms with Crippen LogP contribution < -0.4 is 0 Å². The van der Waals surface area contributed by atoms with Gasteiger partial charge in [0.1, 0.15) is 0 Å². The molecule has 3 nitrogen and oxygen atoms in total. The van der Waals surface area contributed by atoms with Gasteiger partial charge in [0, 0.05) is 19.8 Å². The van der Waals surface area contributed by atoms with Crippen molar-refractivity contribution >= 4 is 0 Å². The first-order valence-corrected chi connectivity index (χ1v) is 24.5. The Morgan fingerprint density at radius 1 is 0.327 bits per heavy atom. The van der Waals surface area contributed by atoms with Gasteiger partial charge in [0.2, 0.25) is 0 Å². The maximum Gasteiger partial charge on any atom is 0.0700 e. The van der Waals surface area contributed by atoms with Crippen LogP contribution in [0.3, 0.4) is 0 Å². The molecule has 0 rings (SSSR count). The highest BCUT2D eigenvalue weighted by molar-refractivity contribution is 4.70. The van der Waals surface area contributed by atoms with E-state index < -0.39 is 0 Å². The molecular weight excluding hydrogens is 635 g/mol. The average molecular weight is 736 g/mol. The van der Waals surface area contributed by atoms with E-state index in [1.54, 1.807) is 7.11 Å². The standard InChI is InChI=1S/C49H101NO2/c1-5-7-9-11-13-15-17-19-21-23-25-27-29-31-33-35-37-39-43-49(50(3)45-41-42-46-52-48-47-51-4)44-40-38-36-34-32-30-28-26-24-22-20-18-16-14-12-10-8-6-2/h49H,5-48H2,1-4H3. The molecule has 0 amide bonds. The van der Waals surface area contributed by atoms with Crippen LogP contribution >= 0.6 is 0 Å². The predicted octanol–water partition coefficient (Wildman–Crippen LogP) is 16.6. The molecule has 0 heterocycles. The number of hydrogen-bond donors (Lipinski definition) is 0. The van der Waals surface area contributed by atoms with Gasteiger partial charge in [-0.05, 0) is 39.3 Å². The van der Waals surface area contributed by atoms with Gasteiger partial charge in [-0.3, -0.25) is 0 Å². The van der Waals surface area contributed by atoms with Gasteiger partial charge in [-0.15, -0.1) is 0 Å². The van der Waals surface area contributed by atoms with Gasteiger partial charge in [0.05, 0.1) is 13.2 Å². The van der Waals surface area contributed by atoms with E-state index in [9.17, 15) is 0 Å². The van der Waals surface area contributed by atoms with Crippen LogP contribution in [0.4, 0.5) is 0 Å². The third-order valence-electron chi connectivity index (χ3n) is 11.9. The normalized spacial score (nSPS) is 11.9. The molecule has 52 heavy (non-hydrogen) atoms. The lowest BCUT2D eigenvalue weighted by molar-refractivity contribution is 0.0672. The minimum absolute atomic E-state index is 0.709. The zero-order chi connectivity index (χ0) is 37.7. The Kier molecular flexibility index (Phi) is 46.9. The SMILES string of the molecule is CCCCCCCCCCCCCCCCCCCCC(CCCCCCCCCCCCCCCCCCCC)N(C)CCCCOCCOC. The van der Waals surface area contributed by atoms with E-state index in [1.807, 2.05) is 0 Å². The number of methoxy groups -OCH3 is 1. The quantitative estimate of drug-likeness (QED) is 0.0581. The zero-order valence-corrected chi connectivity index (χ0v) is 37.0. The fraction of sp³-hybridized carbons (Fsp3) is 1.00. The van der Waals surface area contributed by atoms with Crippen molar-refractivity contribution in [2.24, 2.45) is 0 Å². The predicted molar refractivity (Wildman–Crippen MR) is 235 cm³/mol. The molecule has 0 radical (unpaired) electrons.